The second kappa shape index (κ2) is 6.98. The molecule has 4 nitrogen and oxygen atoms in total. The summed E-state index contributed by atoms with van der Waals surface area (Å²) in [5, 5.41) is 11.3. The number of carbonyl (C=O) groups is 1. The molecule has 0 spiro atoms. The fourth-order valence-corrected chi connectivity index (χ4v) is 3.28. The average molecular weight is 339 g/mol. The number of nitrogens with zero attached hydrogens (tertiary/aromatic N) is 1. The number of rotatable bonds is 7. The van der Waals surface area contributed by atoms with Crippen molar-refractivity contribution in [1.82, 2.24) is 4.90 Å². The predicted octanol–water partition coefficient (Wildman–Crippen LogP) is 2.81. The van der Waals surface area contributed by atoms with E-state index in [0.717, 1.165) is 19.4 Å². The molecule has 0 amide bonds. The molecule has 0 aliphatic heterocycles. The summed E-state index contributed by atoms with van der Waals surface area (Å²) in [6.07, 6.45) is 2.10. The van der Waals surface area contributed by atoms with Crippen LogP contribution in [0.25, 0.3) is 0 Å². The molecule has 2 aromatic carbocycles. The largest absolute Gasteiger partial charge is 0.462 e. The Kier molecular flexibility index (Phi) is 4.93. The first-order chi connectivity index (χ1) is 12.0. The normalized spacial score (nSPS) is 15.8. The minimum Gasteiger partial charge on any atom is -0.462 e. The van der Waals surface area contributed by atoms with Crippen LogP contribution in [0.15, 0.2) is 60.7 Å². The van der Waals surface area contributed by atoms with E-state index in [4.69, 9.17) is 4.74 Å². The summed E-state index contributed by atoms with van der Waals surface area (Å²) < 4.78 is 5.63. The molecular formula is C21H25NO3. The molecule has 1 N–H and O–H groups in total. The number of carbonyl (C=O) groups excluding carboxylic acids is 1. The van der Waals surface area contributed by atoms with Crippen LogP contribution in [0.2, 0.25) is 0 Å². The van der Waals surface area contributed by atoms with Gasteiger partial charge in [-0.1, -0.05) is 60.7 Å². The molecule has 1 saturated carbocycles. The van der Waals surface area contributed by atoms with Crippen molar-refractivity contribution in [2.45, 2.75) is 18.4 Å². The topological polar surface area (TPSA) is 49.8 Å². The van der Waals surface area contributed by atoms with E-state index in [1.54, 1.807) is 24.3 Å². The van der Waals surface area contributed by atoms with E-state index in [2.05, 4.69) is 4.90 Å². The molecule has 0 heterocycles. The van der Waals surface area contributed by atoms with Crippen LogP contribution in [0.3, 0.4) is 0 Å². The molecule has 0 atom stereocenters. The molecule has 1 aliphatic carbocycles. The fourth-order valence-electron chi connectivity index (χ4n) is 3.28. The van der Waals surface area contributed by atoms with Crippen LogP contribution in [0, 0.1) is 5.41 Å². The number of aliphatic hydroxyl groups is 1. The quantitative estimate of drug-likeness (QED) is 0.788. The molecule has 2 aromatic rings. The van der Waals surface area contributed by atoms with Crippen LogP contribution in [-0.4, -0.2) is 43.2 Å². The Hall–Kier alpha value is -2.17. The molecule has 0 radical (unpaired) electrons. The summed E-state index contributed by atoms with van der Waals surface area (Å²) in [7, 11) is 4.04. The lowest BCUT2D eigenvalue weighted by Crippen LogP contribution is -2.40. The first kappa shape index (κ1) is 17.6. The van der Waals surface area contributed by atoms with Gasteiger partial charge in [0.2, 0.25) is 5.60 Å². The Balaban J connectivity index is 1.84. The minimum absolute atomic E-state index is 0.0352. The lowest BCUT2D eigenvalue weighted by molar-refractivity contribution is -0.164. The molecule has 1 aliphatic rings. The van der Waals surface area contributed by atoms with Gasteiger partial charge in [-0.3, -0.25) is 0 Å². The van der Waals surface area contributed by atoms with Crippen molar-refractivity contribution in [3.8, 4) is 0 Å². The molecule has 0 aromatic heterocycles. The molecule has 3 rings (SSSR count). The highest BCUT2D eigenvalue weighted by Gasteiger charge is 2.47. The molecule has 0 bridgehead atoms. The van der Waals surface area contributed by atoms with Crippen molar-refractivity contribution in [3.63, 3.8) is 0 Å². The van der Waals surface area contributed by atoms with E-state index in [-0.39, 0.29) is 5.41 Å². The van der Waals surface area contributed by atoms with E-state index < -0.39 is 11.6 Å². The van der Waals surface area contributed by atoms with Gasteiger partial charge in [0.1, 0.15) is 0 Å². The van der Waals surface area contributed by atoms with Crippen molar-refractivity contribution in [3.05, 3.63) is 71.8 Å². The first-order valence-electron chi connectivity index (χ1n) is 8.62. The third-order valence-corrected chi connectivity index (χ3v) is 4.80. The first-order valence-corrected chi connectivity index (χ1v) is 8.62. The Labute approximate surface area is 149 Å². The zero-order valence-corrected chi connectivity index (χ0v) is 14.8. The van der Waals surface area contributed by atoms with E-state index in [0.29, 0.717) is 17.7 Å². The highest BCUT2D eigenvalue weighted by molar-refractivity contribution is 5.85. The SMILES string of the molecule is CN(C)CC1(COC(=O)C(O)(c2ccccc2)c2ccccc2)CC1. The van der Waals surface area contributed by atoms with E-state index in [9.17, 15) is 9.90 Å². The van der Waals surface area contributed by atoms with Crippen LogP contribution < -0.4 is 0 Å². The van der Waals surface area contributed by atoms with Gasteiger partial charge in [-0.15, -0.1) is 0 Å². The number of ether oxygens (including phenoxy) is 1. The Morgan fingerprint density at radius 3 is 1.92 bits per heavy atom. The molecule has 0 unspecified atom stereocenters. The zero-order chi connectivity index (χ0) is 17.9. The molecule has 4 heteroatoms. The van der Waals surface area contributed by atoms with Gasteiger partial charge in [0.25, 0.3) is 0 Å². The lowest BCUT2D eigenvalue weighted by atomic mass is 9.86. The Morgan fingerprint density at radius 1 is 1.04 bits per heavy atom. The minimum atomic E-state index is -1.79. The van der Waals surface area contributed by atoms with Crippen LogP contribution in [0.5, 0.6) is 0 Å². The van der Waals surface area contributed by atoms with Gasteiger partial charge in [-0.2, -0.15) is 0 Å². The molecule has 1 fully saturated rings. The zero-order valence-electron chi connectivity index (χ0n) is 14.8. The van der Waals surface area contributed by atoms with Crippen molar-refractivity contribution in [1.29, 1.82) is 0 Å². The predicted molar refractivity (Wildman–Crippen MR) is 97.1 cm³/mol. The number of hydrogen-bond donors (Lipinski definition) is 1. The number of benzene rings is 2. The van der Waals surface area contributed by atoms with Gasteiger partial charge < -0.3 is 14.7 Å². The van der Waals surface area contributed by atoms with Crippen molar-refractivity contribution >= 4 is 5.97 Å². The van der Waals surface area contributed by atoms with Gasteiger partial charge in [-0.25, -0.2) is 4.79 Å². The van der Waals surface area contributed by atoms with Crippen LogP contribution >= 0.6 is 0 Å². The van der Waals surface area contributed by atoms with Gasteiger partial charge in [0, 0.05) is 12.0 Å². The Bertz CT molecular complexity index is 669. The highest BCUT2D eigenvalue weighted by Crippen LogP contribution is 2.46. The molecule has 0 saturated heterocycles. The molecule has 25 heavy (non-hydrogen) atoms. The maximum absolute atomic E-state index is 12.9. The van der Waals surface area contributed by atoms with E-state index in [1.807, 2.05) is 50.5 Å². The monoisotopic (exact) mass is 339 g/mol. The summed E-state index contributed by atoms with van der Waals surface area (Å²) >= 11 is 0. The second-order valence-electron chi connectivity index (χ2n) is 7.26. The van der Waals surface area contributed by atoms with E-state index >= 15 is 0 Å². The molecule has 132 valence electrons. The second-order valence-corrected chi connectivity index (χ2v) is 7.26. The fraction of sp³-hybridized carbons (Fsp3) is 0.381. The maximum Gasteiger partial charge on any atom is 0.347 e. The Morgan fingerprint density at radius 2 is 1.52 bits per heavy atom. The highest BCUT2D eigenvalue weighted by atomic mass is 16.6. The van der Waals surface area contributed by atoms with Crippen LogP contribution in [0.4, 0.5) is 0 Å². The van der Waals surface area contributed by atoms with Crippen molar-refractivity contribution in [2.24, 2.45) is 5.41 Å². The number of esters is 1. The van der Waals surface area contributed by atoms with E-state index in [1.165, 1.54) is 0 Å². The average Bonchev–Trinajstić information content (AvgIpc) is 3.39. The summed E-state index contributed by atoms with van der Waals surface area (Å²) in [5.41, 5.74) is -0.725. The van der Waals surface area contributed by atoms with Gasteiger partial charge in [0.15, 0.2) is 0 Å². The third kappa shape index (κ3) is 3.75. The summed E-state index contributed by atoms with van der Waals surface area (Å²) in [6.45, 7) is 1.22. The van der Waals surface area contributed by atoms with Crippen molar-refractivity contribution in [2.75, 3.05) is 27.2 Å². The van der Waals surface area contributed by atoms with Crippen molar-refractivity contribution < 1.29 is 14.6 Å². The summed E-state index contributed by atoms with van der Waals surface area (Å²) in [6, 6.07) is 18.0. The van der Waals surface area contributed by atoms with Crippen LogP contribution in [0.1, 0.15) is 24.0 Å². The van der Waals surface area contributed by atoms with Gasteiger partial charge in [-0.05, 0) is 38.1 Å². The lowest BCUT2D eigenvalue weighted by Gasteiger charge is -2.28. The smallest absolute Gasteiger partial charge is 0.347 e. The summed E-state index contributed by atoms with van der Waals surface area (Å²) in [4.78, 5) is 15.1. The maximum atomic E-state index is 12.9. The standard InChI is InChI=1S/C21H25NO3/c1-22(2)15-20(13-14-20)16-25-19(23)21(24,17-9-5-3-6-10-17)18-11-7-4-8-12-18/h3-12,24H,13-16H2,1-2H3. The molecular weight excluding hydrogens is 314 g/mol. The van der Waals surface area contributed by atoms with Crippen LogP contribution in [-0.2, 0) is 15.1 Å². The number of hydrogen-bond acceptors (Lipinski definition) is 4. The van der Waals surface area contributed by atoms with Gasteiger partial charge >= 0.3 is 5.97 Å². The summed E-state index contributed by atoms with van der Waals surface area (Å²) in [5.74, 6) is -0.616. The van der Waals surface area contributed by atoms with Gasteiger partial charge in [0.05, 0.1) is 6.61 Å². The third-order valence-electron chi connectivity index (χ3n) is 4.80.